The Hall–Kier alpha value is -0.100. The molecule has 82 valence electrons. The predicted molar refractivity (Wildman–Crippen MR) is 71.3 cm³/mol. The topological polar surface area (TPSA) is 29.1 Å². The molecule has 1 amide bonds. The van der Waals surface area contributed by atoms with Gasteiger partial charge in [0.1, 0.15) is 0 Å². The highest BCUT2D eigenvalue weighted by molar-refractivity contribution is 14.1. The van der Waals surface area contributed by atoms with Crippen molar-refractivity contribution in [3.05, 3.63) is 19.9 Å². The number of halogens is 1. The summed E-state index contributed by atoms with van der Waals surface area (Å²) in [5.74, 6) is 0.0777. The van der Waals surface area contributed by atoms with Crippen LogP contribution in [-0.4, -0.2) is 12.5 Å². The van der Waals surface area contributed by atoms with Crippen molar-refractivity contribution in [3.63, 3.8) is 0 Å². The van der Waals surface area contributed by atoms with Crippen LogP contribution in [0.5, 0.6) is 0 Å². The van der Waals surface area contributed by atoms with Crippen molar-refractivity contribution in [2.45, 2.75) is 26.2 Å². The summed E-state index contributed by atoms with van der Waals surface area (Å²) >= 11 is 3.85. The van der Waals surface area contributed by atoms with Crippen LogP contribution in [0.15, 0.2) is 11.4 Å². The molecular formula is C11H14INOS. The van der Waals surface area contributed by atoms with Crippen molar-refractivity contribution < 1.29 is 4.79 Å². The third-order valence-corrected chi connectivity index (χ3v) is 4.95. The predicted octanol–water partition coefficient (Wildman–Crippen LogP) is 3.27. The molecule has 1 saturated carbocycles. The molecule has 1 aromatic heterocycles. The van der Waals surface area contributed by atoms with Crippen LogP contribution in [0.25, 0.3) is 0 Å². The quantitative estimate of drug-likeness (QED) is 0.841. The summed E-state index contributed by atoms with van der Waals surface area (Å²) in [6.07, 6.45) is 3.71. The number of hydrogen-bond acceptors (Lipinski definition) is 2. The van der Waals surface area contributed by atoms with Crippen LogP contribution in [0, 0.1) is 8.30 Å². The standard InChI is InChI=1S/C11H14INOS/c1-2-11(3-4-11)7-13-10(14)8-5-9(12)15-6-8/h5-6H,2-4,7H2,1H3,(H,13,14). The highest BCUT2D eigenvalue weighted by atomic mass is 127. The monoisotopic (exact) mass is 335 g/mol. The second kappa shape index (κ2) is 4.41. The molecule has 0 atom stereocenters. The van der Waals surface area contributed by atoms with E-state index in [0.29, 0.717) is 5.41 Å². The molecule has 2 rings (SSSR count). The van der Waals surface area contributed by atoms with Gasteiger partial charge in [0.15, 0.2) is 0 Å². The molecule has 1 heterocycles. The summed E-state index contributed by atoms with van der Waals surface area (Å²) in [6, 6.07) is 1.94. The van der Waals surface area contributed by atoms with E-state index in [4.69, 9.17) is 0 Å². The Morgan fingerprint density at radius 2 is 2.40 bits per heavy atom. The maximum absolute atomic E-state index is 11.7. The van der Waals surface area contributed by atoms with E-state index in [0.717, 1.165) is 15.0 Å². The second-order valence-corrected chi connectivity index (χ2v) is 6.98. The average molecular weight is 335 g/mol. The van der Waals surface area contributed by atoms with Crippen LogP contribution in [0.2, 0.25) is 0 Å². The summed E-state index contributed by atoms with van der Waals surface area (Å²) in [7, 11) is 0. The molecule has 0 bridgehead atoms. The summed E-state index contributed by atoms with van der Waals surface area (Å²) in [4.78, 5) is 11.7. The molecule has 1 fully saturated rings. The van der Waals surface area contributed by atoms with Crippen LogP contribution >= 0.6 is 33.9 Å². The number of carbonyl (C=O) groups is 1. The van der Waals surface area contributed by atoms with E-state index < -0.39 is 0 Å². The third-order valence-electron chi connectivity index (χ3n) is 3.16. The fraction of sp³-hybridized carbons (Fsp3) is 0.545. The number of carbonyl (C=O) groups excluding carboxylic acids is 1. The van der Waals surface area contributed by atoms with Crippen molar-refractivity contribution in [1.29, 1.82) is 0 Å². The van der Waals surface area contributed by atoms with Gasteiger partial charge in [-0.3, -0.25) is 4.79 Å². The van der Waals surface area contributed by atoms with Gasteiger partial charge in [0, 0.05) is 11.9 Å². The largest absolute Gasteiger partial charge is 0.351 e. The summed E-state index contributed by atoms with van der Waals surface area (Å²) in [5, 5.41) is 4.95. The smallest absolute Gasteiger partial charge is 0.252 e. The highest BCUT2D eigenvalue weighted by Gasteiger charge is 2.40. The zero-order valence-electron chi connectivity index (χ0n) is 8.68. The van der Waals surface area contributed by atoms with Crippen LogP contribution in [0.1, 0.15) is 36.5 Å². The Morgan fingerprint density at radius 3 is 2.87 bits per heavy atom. The van der Waals surface area contributed by atoms with Crippen LogP contribution in [-0.2, 0) is 0 Å². The number of nitrogens with one attached hydrogen (secondary N) is 1. The molecule has 0 aromatic carbocycles. The van der Waals surface area contributed by atoms with Gasteiger partial charge in [0.2, 0.25) is 0 Å². The first-order chi connectivity index (χ1) is 7.15. The van der Waals surface area contributed by atoms with E-state index in [1.165, 1.54) is 19.3 Å². The Morgan fingerprint density at radius 1 is 1.67 bits per heavy atom. The minimum atomic E-state index is 0.0777. The van der Waals surface area contributed by atoms with Gasteiger partial charge < -0.3 is 5.32 Å². The van der Waals surface area contributed by atoms with Crippen molar-refractivity contribution in [2.75, 3.05) is 6.54 Å². The second-order valence-electron chi connectivity index (χ2n) is 4.18. The fourth-order valence-corrected chi connectivity index (χ4v) is 2.96. The molecule has 1 aromatic rings. The normalized spacial score (nSPS) is 17.5. The van der Waals surface area contributed by atoms with Gasteiger partial charge in [-0.05, 0) is 53.3 Å². The molecule has 0 aliphatic heterocycles. The van der Waals surface area contributed by atoms with E-state index in [1.54, 1.807) is 11.3 Å². The lowest BCUT2D eigenvalue weighted by Crippen LogP contribution is -2.29. The lowest BCUT2D eigenvalue weighted by Gasteiger charge is -2.12. The summed E-state index contributed by atoms with van der Waals surface area (Å²) in [6.45, 7) is 3.04. The molecule has 15 heavy (non-hydrogen) atoms. The number of amides is 1. The van der Waals surface area contributed by atoms with E-state index in [-0.39, 0.29) is 5.91 Å². The molecule has 0 saturated heterocycles. The Balaban J connectivity index is 1.88. The molecule has 1 N–H and O–H groups in total. The van der Waals surface area contributed by atoms with Gasteiger partial charge in [0.25, 0.3) is 5.91 Å². The molecule has 1 aliphatic rings. The lowest BCUT2D eigenvalue weighted by atomic mass is 10.0. The van der Waals surface area contributed by atoms with Crippen molar-refractivity contribution in [2.24, 2.45) is 5.41 Å². The lowest BCUT2D eigenvalue weighted by molar-refractivity contribution is 0.0945. The van der Waals surface area contributed by atoms with Crippen LogP contribution in [0.4, 0.5) is 0 Å². The fourth-order valence-electron chi connectivity index (χ4n) is 1.63. The third kappa shape index (κ3) is 2.72. The van der Waals surface area contributed by atoms with Crippen molar-refractivity contribution >= 4 is 39.8 Å². The van der Waals surface area contributed by atoms with Gasteiger partial charge in [-0.1, -0.05) is 6.92 Å². The minimum absolute atomic E-state index is 0.0777. The van der Waals surface area contributed by atoms with Crippen LogP contribution < -0.4 is 5.32 Å². The first-order valence-corrected chi connectivity index (χ1v) is 7.13. The van der Waals surface area contributed by atoms with E-state index in [9.17, 15) is 4.79 Å². The molecule has 4 heteroatoms. The van der Waals surface area contributed by atoms with Crippen LogP contribution in [0.3, 0.4) is 0 Å². The number of thiophene rings is 1. The van der Waals surface area contributed by atoms with Crippen molar-refractivity contribution in [1.82, 2.24) is 5.32 Å². The Kier molecular flexibility index (Phi) is 3.35. The average Bonchev–Trinajstić information content (AvgIpc) is 2.90. The van der Waals surface area contributed by atoms with E-state index >= 15 is 0 Å². The SMILES string of the molecule is CCC1(CNC(=O)c2csc(I)c2)CC1. The van der Waals surface area contributed by atoms with E-state index in [2.05, 4.69) is 34.8 Å². The van der Waals surface area contributed by atoms with Gasteiger partial charge >= 0.3 is 0 Å². The van der Waals surface area contributed by atoms with Gasteiger partial charge in [-0.25, -0.2) is 0 Å². The van der Waals surface area contributed by atoms with Gasteiger partial charge in [0.05, 0.1) is 8.45 Å². The van der Waals surface area contributed by atoms with Gasteiger partial charge in [-0.2, -0.15) is 0 Å². The first-order valence-electron chi connectivity index (χ1n) is 5.17. The molecule has 0 spiro atoms. The molecule has 2 nitrogen and oxygen atoms in total. The first kappa shape index (κ1) is 11.4. The Bertz CT molecular complexity index is 370. The number of hydrogen-bond donors (Lipinski definition) is 1. The van der Waals surface area contributed by atoms with E-state index in [1.807, 2.05) is 11.4 Å². The van der Waals surface area contributed by atoms with Crippen molar-refractivity contribution in [3.8, 4) is 0 Å². The Labute approximate surface area is 108 Å². The summed E-state index contributed by atoms with van der Waals surface area (Å²) in [5.41, 5.74) is 1.23. The molecule has 1 aliphatic carbocycles. The highest BCUT2D eigenvalue weighted by Crippen LogP contribution is 2.47. The zero-order valence-corrected chi connectivity index (χ0v) is 11.7. The maximum Gasteiger partial charge on any atom is 0.252 e. The maximum atomic E-state index is 11.7. The molecule has 0 radical (unpaired) electrons. The molecule has 0 unspecified atom stereocenters. The summed E-state index contributed by atoms with van der Waals surface area (Å²) < 4.78 is 1.16. The molecular weight excluding hydrogens is 321 g/mol. The number of rotatable bonds is 4. The minimum Gasteiger partial charge on any atom is -0.351 e. The zero-order chi connectivity index (χ0) is 10.9. The van der Waals surface area contributed by atoms with Gasteiger partial charge in [-0.15, -0.1) is 11.3 Å².